The normalized spacial score (nSPS) is 10.5. The first kappa shape index (κ1) is 14.2. The number of halogens is 3. The van der Waals surface area contributed by atoms with Gasteiger partial charge in [0.2, 0.25) is 0 Å². The van der Waals surface area contributed by atoms with Gasteiger partial charge < -0.3 is 4.74 Å². The summed E-state index contributed by atoms with van der Waals surface area (Å²) in [5.74, 6) is -0.522. The summed E-state index contributed by atoms with van der Waals surface area (Å²) in [6, 6.07) is 10.7. The van der Waals surface area contributed by atoms with Crippen LogP contribution in [-0.2, 0) is 6.42 Å². The van der Waals surface area contributed by atoms with Gasteiger partial charge in [0.05, 0.1) is 0 Å². The predicted molar refractivity (Wildman–Crippen MR) is 80.1 cm³/mol. The Bertz CT molecular complexity index is 537. The number of ether oxygens (including phenoxy) is 1. The van der Waals surface area contributed by atoms with Crippen molar-refractivity contribution in [3.63, 3.8) is 0 Å². The van der Waals surface area contributed by atoms with Crippen LogP contribution in [0.2, 0.25) is 0 Å². The third-order valence-corrected chi connectivity index (χ3v) is 3.33. The summed E-state index contributed by atoms with van der Waals surface area (Å²) in [5.41, 5.74) is 1.16. The van der Waals surface area contributed by atoms with E-state index in [1.54, 1.807) is 6.07 Å². The molecule has 4 heteroatoms. The van der Waals surface area contributed by atoms with Crippen molar-refractivity contribution in [2.45, 2.75) is 12.8 Å². The first-order chi connectivity index (χ1) is 9.17. The van der Waals surface area contributed by atoms with Gasteiger partial charge in [-0.1, -0.05) is 34.7 Å². The number of rotatable bonds is 5. The molecule has 0 atom stereocenters. The Balaban J connectivity index is 2.13. The molecule has 0 heterocycles. The third kappa shape index (κ3) is 4.45. The van der Waals surface area contributed by atoms with E-state index in [9.17, 15) is 8.78 Å². The predicted octanol–water partition coefficient (Wildman–Crippen LogP) is 5.12. The minimum Gasteiger partial charge on any atom is -0.457 e. The molecule has 2 aromatic rings. The van der Waals surface area contributed by atoms with Gasteiger partial charge in [-0.3, -0.25) is 0 Å². The maximum Gasteiger partial charge on any atom is 0.133 e. The smallest absolute Gasteiger partial charge is 0.133 e. The highest BCUT2D eigenvalue weighted by Crippen LogP contribution is 2.24. The van der Waals surface area contributed by atoms with Crippen molar-refractivity contribution in [3.8, 4) is 11.5 Å². The molecule has 19 heavy (non-hydrogen) atoms. The van der Waals surface area contributed by atoms with Gasteiger partial charge in [-0.05, 0) is 35.0 Å². The Kier molecular flexibility index (Phi) is 5.13. The molecule has 2 rings (SSSR count). The molecule has 0 spiro atoms. The van der Waals surface area contributed by atoms with Crippen LogP contribution in [-0.4, -0.2) is 4.43 Å². The van der Waals surface area contributed by atoms with Gasteiger partial charge in [-0.15, -0.1) is 0 Å². The van der Waals surface area contributed by atoms with Crippen LogP contribution in [0.1, 0.15) is 12.0 Å². The SMILES string of the molecule is Fc1cc(F)cc(Oc2cccc(CCCI)c2)c1. The quantitative estimate of drug-likeness (QED) is 0.521. The summed E-state index contributed by atoms with van der Waals surface area (Å²) in [4.78, 5) is 0. The second-order valence-corrected chi connectivity index (χ2v) is 5.23. The fourth-order valence-corrected chi connectivity index (χ4v) is 2.14. The van der Waals surface area contributed by atoms with Crippen LogP contribution in [0.15, 0.2) is 42.5 Å². The van der Waals surface area contributed by atoms with Gasteiger partial charge >= 0.3 is 0 Å². The maximum atomic E-state index is 13.1. The summed E-state index contributed by atoms with van der Waals surface area (Å²) in [7, 11) is 0. The lowest BCUT2D eigenvalue weighted by molar-refractivity contribution is 0.467. The van der Waals surface area contributed by atoms with E-state index in [1.807, 2.05) is 18.2 Å². The largest absolute Gasteiger partial charge is 0.457 e. The summed E-state index contributed by atoms with van der Waals surface area (Å²) >= 11 is 2.33. The summed E-state index contributed by atoms with van der Waals surface area (Å²) in [6.07, 6.45) is 2.07. The van der Waals surface area contributed by atoms with Crippen molar-refractivity contribution >= 4 is 22.6 Å². The van der Waals surface area contributed by atoms with Crippen LogP contribution < -0.4 is 4.74 Å². The van der Waals surface area contributed by atoms with Crippen molar-refractivity contribution < 1.29 is 13.5 Å². The van der Waals surface area contributed by atoms with Crippen molar-refractivity contribution in [1.29, 1.82) is 0 Å². The van der Waals surface area contributed by atoms with Crippen LogP contribution in [0.25, 0.3) is 0 Å². The first-order valence-corrected chi connectivity index (χ1v) is 7.49. The fraction of sp³-hybridized carbons (Fsp3) is 0.200. The van der Waals surface area contributed by atoms with Gasteiger partial charge in [0.1, 0.15) is 23.1 Å². The van der Waals surface area contributed by atoms with E-state index < -0.39 is 11.6 Å². The Morgan fingerprint density at radius 3 is 2.37 bits per heavy atom. The topological polar surface area (TPSA) is 9.23 Å². The molecule has 2 aromatic carbocycles. The number of benzene rings is 2. The first-order valence-electron chi connectivity index (χ1n) is 5.96. The van der Waals surface area contributed by atoms with Crippen LogP contribution in [0.4, 0.5) is 8.78 Å². The average Bonchev–Trinajstić information content (AvgIpc) is 2.35. The summed E-state index contributed by atoms with van der Waals surface area (Å²) < 4.78 is 32.7. The lowest BCUT2D eigenvalue weighted by Gasteiger charge is -2.08. The van der Waals surface area contributed by atoms with Crippen LogP contribution >= 0.6 is 22.6 Å². The number of hydrogen-bond acceptors (Lipinski definition) is 1. The standard InChI is InChI=1S/C15H13F2IO/c16-12-8-13(17)10-15(9-12)19-14-5-1-3-11(7-14)4-2-6-18/h1,3,5,7-10H,2,4,6H2. The zero-order valence-electron chi connectivity index (χ0n) is 10.2. The Morgan fingerprint density at radius 2 is 1.68 bits per heavy atom. The minimum atomic E-state index is -0.643. The van der Waals surface area contributed by atoms with E-state index in [1.165, 1.54) is 12.1 Å². The van der Waals surface area contributed by atoms with Gasteiger partial charge in [0, 0.05) is 18.2 Å². The second kappa shape index (κ2) is 6.84. The summed E-state index contributed by atoms with van der Waals surface area (Å²) in [6.45, 7) is 0. The van der Waals surface area contributed by atoms with E-state index in [4.69, 9.17) is 4.74 Å². The van der Waals surface area contributed by atoms with Crippen molar-refractivity contribution in [2.24, 2.45) is 0 Å². The van der Waals surface area contributed by atoms with Crippen molar-refractivity contribution in [1.82, 2.24) is 0 Å². The molecule has 0 fully saturated rings. The van der Waals surface area contributed by atoms with Crippen molar-refractivity contribution in [2.75, 3.05) is 4.43 Å². The highest BCUT2D eigenvalue weighted by Gasteiger charge is 2.03. The maximum absolute atomic E-state index is 13.1. The average molecular weight is 374 g/mol. The molecule has 0 saturated carbocycles. The number of hydrogen-bond donors (Lipinski definition) is 0. The zero-order chi connectivity index (χ0) is 13.7. The Labute approximate surface area is 124 Å². The zero-order valence-corrected chi connectivity index (χ0v) is 12.4. The Hall–Kier alpha value is -1.17. The molecule has 0 aliphatic heterocycles. The van der Waals surface area contributed by atoms with Gasteiger partial charge in [-0.2, -0.15) is 0 Å². The minimum absolute atomic E-state index is 0.170. The molecule has 0 aromatic heterocycles. The Morgan fingerprint density at radius 1 is 0.947 bits per heavy atom. The molecule has 100 valence electrons. The molecule has 0 saturated heterocycles. The molecule has 0 radical (unpaired) electrons. The number of aryl methyl sites for hydroxylation is 1. The van der Waals surface area contributed by atoms with E-state index in [0.717, 1.165) is 28.9 Å². The second-order valence-electron chi connectivity index (χ2n) is 4.15. The molecule has 0 aliphatic carbocycles. The monoisotopic (exact) mass is 374 g/mol. The van der Waals surface area contributed by atoms with E-state index in [2.05, 4.69) is 22.6 Å². The van der Waals surface area contributed by atoms with Gasteiger partial charge in [-0.25, -0.2) is 8.78 Å². The van der Waals surface area contributed by atoms with Crippen LogP contribution in [0, 0.1) is 11.6 Å². The van der Waals surface area contributed by atoms with Gasteiger partial charge in [0.15, 0.2) is 0 Å². The molecule has 0 aliphatic rings. The fourth-order valence-electron chi connectivity index (χ4n) is 1.76. The molecule has 0 N–H and O–H groups in total. The molecular formula is C15H13F2IO. The molecular weight excluding hydrogens is 361 g/mol. The molecule has 0 unspecified atom stereocenters. The molecule has 0 amide bonds. The highest BCUT2D eigenvalue weighted by atomic mass is 127. The van der Waals surface area contributed by atoms with Crippen LogP contribution in [0.3, 0.4) is 0 Å². The molecule has 1 nitrogen and oxygen atoms in total. The lowest BCUT2D eigenvalue weighted by Crippen LogP contribution is -1.90. The summed E-state index contributed by atoms with van der Waals surface area (Å²) in [5, 5.41) is 0. The van der Waals surface area contributed by atoms with E-state index in [0.29, 0.717) is 5.75 Å². The van der Waals surface area contributed by atoms with Crippen molar-refractivity contribution in [3.05, 3.63) is 59.7 Å². The molecule has 0 bridgehead atoms. The van der Waals surface area contributed by atoms with Gasteiger partial charge in [0.25, 0.3) is 0 Å². The van der Waals surface area contributed by atoms with E-state index >= 15 is 0 Å². The lowest BCUT2D eigenvalue weighted by atomic mass is 10.1. The van der Waals surface area contributed by atoms with E-state index in [-0.39, 0.29) is 5.75 Å². The third-order valence-electron chi connectivity index (χ3n) is 2.57. The van der Waals surface area contributed by atoms with Crippen LogP contribution in [0.5, 0.6) is 11.5 Å². The number of alkyl halides is 1. The highest BCUT2D eigenvalue weighted by molar-refractivity contribution is 14.1.